The van der Waals surface area contributed by atoms with Crippen LogP contribution in [-0.4, -0.2) is 29.8 Å². The van der Waals surface area contributed by atoms with Gasteiger partial charge >= 0.3 is 0 Å². The van der Waals surface area contributed by atoms with E-state index in [1.54, 1.807) is 28.8 Å². The minimum atomic E-state index is -0.498. The predicted molar refractivity (Wildman–Crippen MR) is 111 cm³/mol. The second kappa shape index (κ2) is 8.02. The maximum Gasteiger partial charge on any atom is 0.287 e. The van der Waals surface area contributed by atoms with E-state index in [0.717, 1.165) is 10.2 Å². The lowest BCUT2D eigenvalue weighted by molar-refractivity contribution is -0.385. The lowest BCUT2D eigenvalue weighted by atomic mass is 10.2. The quantitative estimate of drug-likeness (QED) is 0.328. The number of aromatic nitrogens is 4. The van der Waals surface area contributed by atoms with Gasteiger partial charge in [0.15, 0.2) is 5.82 Å². The van der Waals surface area contributed by atoms with Gasteiger partial charge in [0.25, 0.3) is 5.69 Å². The topological polar surface area (TPSA) is 107 Å². The molecule has 0 aliphatic carbocycles. The number of rotatable bonds is 5. The van der Waals surface area contributed by atoms with Crippen LogP contribution in [0.15, 0.2) is 81.5 Å². The summed E-state index contributed by atoms with van der Waals surface area (Å²) in [6.45, 7) is 0. The number of pyridine rings is 1. The Bertz CT molecular complexity index is 1180. The van der Waals surface area contributed by atoms with Gasteiger partial charge in [-0.2, -0.15) is 0 Å². The second-order valence-corrected chi connectivity index (χ2v) is 7.76. The fourth-order valence-electron chi connectivity index (χ4n) is 2.64. The van der Waals surface area contributed by atoms with Crippen molar-refractivity contribution in [1.82, 2.24) is 19.7 Å². The number of nitro groups is 1. The zero-order valence-electron chi connectivity index (χ0n) is 14.6. The first-order valence-electron chi connectivity index (χ1n) is 8.31. The molecule has 0 saturated heterocycles. The van der Waals surface area contributed by atoms with E-state index in [4.69, 9.17) is 0 Å². The fourth-order valence-corrected chi connectivity index (χ4v) is 3.80. The van der Waals surface area contributed by atoms with Crippen molar-refractivity contribution in [3.63, 3.8) is 0 Å². The maximum absolute atomic E-state index is 10.8. The van der Waals surface area contributed by atoms with Gasteiger partial charge in [-0.15, -0.1) is 10.2 Å². The Labute approximate surface area is 177 Å². The maximum atomic E-state index is 10.8. The van der Waals surface area contributed by atoms with Crippen LogP contribution in [0.3, 0.4) is 0 Å². The van der Waals surface area contributed by atoms with Gasteiger partial charge in [0.1, 0.15) is 17.0 Å². The molecule has 2 aromatic heterocycles. The Morgan fingerprint density at radius 1 is 1.07 bits per heavy atom. The third-order valence-electron chi connectivity index (χ3n) is 3.97. The van der Waals surface area contributed by atoms with Gasteiger partial charge in [-0.25, -0.2) is 4.98 Å². The van der Waals surface area contributed by atoms with Crippen molar-refractivity contribution in [2.24, 2.45) is 0 Å². The summed E-state index contributed by atoms with van der Waals surface area (Å²) in [7, 11) is 0. The molecule has 0 bridgehead atoms. The first kappa shape index (κ1) is 19.1. The molecule has 4 rings (SSSR count). The molecule has 29 heavy (non-hydrogen) atoms. The Kier molecular flexibility index (Phi) is 5.28. The summed E-state index contributed by atoms with van der Waals surface area (Å²) in [5.41, 5.74) is 1.23. The van der Waals surface area contributed by atoms with Gasteiger partial charge < -0.3 is 5.11 Å². The van der Waals surface area contributed by atoms with Gasteiger partial charge in [-0.3, -0.25) is 14.7 Å². The van der Waals surface area contributed by atoms with Crippen LogP contribution >= 0.6 is 27.7 Å². The largest absolute Gasteiger partial charge is 0.507 e. The molecule has 0 fully saturated rings. The number of phenolic OH excluding ortho intramolecular Hbond substituents is 1. The smallest absolute Gasteiger partial charge is 0.287 e. The molecule has 0 amide bonds. The van der Waals surface area contributed by atoms with E-state index in [2.05, 4.69) is 31.1 Å². The number of hydrogen-bond donors (Lipinski definition) is 1. The lowest BCUT2D eigenvalue weighted by Crippen LogP contribution is -2.00. The average molecular weight is 470 g/mol. The van der Waals surface area contributed by atoms with Crippen molar-refractivity contribution in [1.29, 1.82) is 0 Å². The van der Waals surface area contributed by atoms with E-state index in [-0.39, 0.29) is 11.4 Å². The van der Waals surface area contributed by atoms with Gasteiger partial charge in [0, 0.05) is 16.2 Å². The molecule has 2 heterocycles. The third kappa shape index (κ3) is 3.98. The number of phenols is 1. The third-order valence-corrected chi connectivity index (χ3v) is 5.37. The minimum absolute atomic E-state index is 0.0720. The Hall–Kier alpha value is -3.24. The van der Waals surface area contributed by atoms with Crippen LogP contribution in [0, 0.1) is 10.1 Å². The zero-order chi connectivity index (χ0) is 20.4. The molecule has 0 unspecified atom stereocenters. The average Bonchev–Trinajstić information content (AvgIpc) is 3.14. The summed E-state index contributed by atoms with van der Waals surface area (Å²) in [5, 5.41) is 30.8. The summed E-state index contributed by atoms with van der Waals surface area (Å²) in [6, 6.07) is 17.5. The van der Waals surface area contributed by atoms with Crippen LogP contribution < -0.4 is 0 Å². The van der Waals surface area contributed by atoms with Crippen LogP contribution in [0.25, 0.3) is 17.1 Å². The second-order valence-electron chi connectivity index (χ2n) is 5.85. The zero-order valence-corrected chi connectivity index (χ0v) is 17.0. The van der Waals surface area contributed by atoms with E-state index in [1.165, 1.54) is 24.0 Å². The molecule has 1 N–H and O–H groups in total. The fraction of sp³-hybridized carbons (Fsp3) is 0. The van der Waals surface area contributed by atoms with E-state index in [0.29, 0.717) is 21.6 Å². The molecule has 8 nitrogen and oxygen atoms in total. The van der Waals surface area contributed by atoms with Crippen LogP contribution in [0.2, 0.25) is 0 Å². The molecule has 0 saturated carbocycles. The monoisotopic (exact) mass is 469 g/mol. The van der Waals surface area contributed by atoms with Crippen molar-refractivity contribution >= 4 is 33.4 Å². The molecular weight excluding hydrogens is 458 g/mol. The van der Waals surface area contributed by atoms with Crippen molar-refractivity contribution < 1.29 is 10.0 Å². The van der Waals surface area contributed by atoms with Crippen LogP contribution in [-0.2, 0) is 0 Å². The standard InChI is InChI=1S/C19H12BrN5O3S/c20-12-6-8-16(26)15(10-12)18-22-23-19(24(18)13-4-2-1-3-5-13)29-17-9-7-14(11-21-17)25(27)28/h1-11,26H. The SMILES string of the molecule is O=[N+]([O-])c1ccc(Sc2nnc(-c3cc(Br)ccc3O)n2-c2ccccc2)nc1. The summed E-state index contributed by atoms with van der Waals surface area (Å²) >= 11 is 4.63. The minimum Gasteiger partial charge on any atom is -0.507 e. The number of nitrogens with zero attached hydrogens (tertiary/aromatic N) is 5. The highest BCUT2D eigenvalue weighted by atomic mass is 79.9. The van der Waals surface area contributed by atoms with E-state index in [1.807, 2.05) is 30.3 Å². The Morgan fingerprint density at radius 2 is 1.86 bits per heavy atom. The van der Waals surface area contributed by atoms with E-state index >= 15 is 0 Å². The first-order valence-corrected chi connectivity index (χ1v) is 9.92. The van der Waals surface area contributed by atoms with Gasteiger partial charge in [-0.1, -0.05) is 34.1 Å². The molecule has 0 aliphatic rings. The number of halogens is 1. The molecule has 0 spiro atoms. The highest BCUT2D eigenvalue weighted by Gasteiger charge is 2.20. The van der Waals surface area contributed by atoms with Crippen LogP contribution in [0.5, 0.6) is 5.75 Å². The summed E-state index contributed by atoms with van der Waals surface area (Å²) in [5.74, 6) is 0.530. The van der Waals surface area contributed by atoms with Crippen molar-refractivity contribution in [3.05, 3.63) is 81.4 Å². The molecule has 10 heteroatoms. The molecule has 0 radical (unpaired) electrons. The van der Waals surface area contributed by atoms with E-state index < -0.39 is 4.92 Å². The van der Waals surface area contributed by atoms with Crippen molar-refractivity contribution in [2.45, 2.75) is 10.2 Å². The highest BCUT2D eigenvalue weighted by Crippen LogP contribution is 2.36. The summed E-state index contributed by atoms with van der Waals surface area (Å²) in [4.78, 5) is 14.5. The van der Waals surface area contributed by atoms with Crippen molar-refractivity contribution in [3.8, 4) is 22.8 Å². The molecule has 0 atom stereocenters. The molecule has 4 aromatic rings. The van der Waals surface area contributed by atoms with E-state index in [9.17, 15) is 15.2 Å². The van der Waals surface area contributed by atoms with Gasteiger partial charge in [-0.05, 0) is 48.2 Å². The van der Waals surface area contributed by atoms with Crippen LogP contribution in [0.4, 0.5) is 5.69 Å². The number of hydrogen-bond acceptors (Lipinski definition) is 7. The molecular formula is C19H12BrN5O3S. The molecule has 2 aromatic carbocycles. The van der Waals surface area contributed by atoms with Crippen LogP contribution in [0.1, 0.15) is 0 Å². The lowest BCUT2D eigenvalue weighted by Gasteiger charge is -2.11. The Morgan fingerprint density at radius 3 is 2.55 bits per heavy atom. The summed E-state index contributed by atoms with van der Waals surface area (Å²) in [6.07, 6.45) is 1.20. The predicted octanol–water partition coefficient (Wildman–Crippen LogP) is 4.86. The number of aromatic hydroxyl groups is 1. The van der Waals surface area contributed by atoms with Gasteiger partial charge in [0.2, 0.25) is 5.16 Å². The molecule has 144 valence electrons. The van der Waals surface area contributed by atoms with Gasteiger partial charge in [0.05, 0.1) is 10.5 Å². The number of benzene rings is 2. The summed E-state index contributed by atoms with van der Waals surface area (Å²) < 4.78 is 2.59. The normalized spacial score (nSPS) is 10.8. The number of para-hydroxylation sites is 1. The van der Waals surface area contributed by atoms with Crippen molar-refractivity contribution in [2.75, 3.05) is 0 Å². The Balaban J connectivity index is 1.81. The first-order chi connectivity index (χ1) is 14.0. The highest BCUT2D eigenvalue weighted by molar-refractivity contribution is 9.10. The molecule has 0 aliphatic heterocycles.